The van der Waals surface area contributed by atoms with Gasteiger partial charge in [-0.15, -0.1) is 0 Å². The van der Waals surface area contributed by atoms with Crippen molar-refractivity contribution in [2.75, 3.05) is 12.3 Å². The summed E-state index contributed by atoms with van der Waals surface area (Å²) in [5, 5.41) is 19.6. The summed E-state index contributed by atoms with van der Waals surface area (Å²) in [6.07, 6.45) is 1.72. The lowest BCUT2D eigenvalue weighted by molar-refractivity contribution is -0.385. The molecule has 1 aliphatic rings. The fourth-order valence-electron chi connectivity index (χ4n) is 2.06. The predicted molar refractivity (Wildman–Crippen MR) is 71.8 cm³/mol. The van der Waals surface area contributed by atoms with Crippen LogP contribution < -0.4 is 5.73 Å². The number of nitrogens with two attached hydrogens (primary N) is 1. The Morgan fingerprint density at radius 2 is 2.24 bits per heavy atom. The summed E-state index contributed by atoms with van der Waals surface area (Å²) in [6.45, 7) is 0.189. The molecule has 2 N–H and O–H groups in total. The van der Waals surface area contributed by atoms with Crippen LogP contribution >= 0.6 is 0 Å². The van der Waals surface area contributed by atoms with Crippen LogP contribution in [0.4, 0.5) is 15.8 Å². The average Bonchev–Trinajstić information content (AvgIpc) is 3.26. The van der Waals surface area contributed by atoms with E-state index >= 15 is 0 Å². The van der Waals surface area contributed by atoms with Crippen LogP contribution in [-0.2, 0) is 0 Å². The number of carbonyl (C=O) groups excluding carboxylic acids is 1. The van der Waals surface area contributed by atoms with Crippen LogP contribution in [-0.4, -0.2) is 28.3 Å². The van der Waals surface area contributed by atoms with Gasteiger partial charge in [-0.05, 0) is 18.9 Å². The molecule has 1 aliphatic carbocycles. The molecule has 0 bridgehead atoms. The molecule has 1 aromatic rings. The van der Waals surface area contributed by atoms with Crippen LogP contribution in [0.3, 0.4) is 0 Å². The number of benzene rings is 1. The van der Waals surface area contributed by atoms with Gasteiger partial charge >= 0.3 is 0 Å². The molecule has 1 aromatic carbocycles. The number of rotatable bonds is 5. The highest BCUT2D eigenvalue weighted by Crippen LogP contribution is 2.31. The van der Waals surface area contributed by atoms with Crippen LogP contribution in [0.15, 0.2) is 12.1 Å². The van der Waals surface area contributed by atoms with Crippen molar-refractivity contribution in [3.63, 3.8) is 0 Å². The number of carbonyl (C=O) groups is 1. The molecule has 0 heterocycles. The summed E-state index contributed by atoms with van der Waals surface area (Å²) in [6, 6.07) is 3.55. The number of anilines is 1. The van der Waals surface area contributed by atoms with E-state index in [2.05, 4.69) is 0 Å². The first kappa shape index (κ1) is 14.7. The molecule has 0 aliphatic heterocycles. The minimum absolute atomic E-state index is 0.0169. The Morgan fingerprint density at radius 3 is 2.76 bits per heavy atom. The van der Waals surface area contributed by atoms with Gasteiger partial charge in [-0.1, -0.05) is 0 Å². The molecule has 1 saturated carbocycles. The molecular weight excluding hydrogens is 279 g/mol. The number of nitro groups is 1. The molecule has 0 spiro atoms. The van der Waals surface area contributed by atoms with Gasteiger partial charge in [0, 0.05) is 12.6 Å². The van der Waals surface area contributed by atoms with E-state index in [9.17, 15) is 19.3 Å². The van der Waals surface area contributed by atoms with Gasteiger partial charge in [0.15, 0.2) is 5.82 Å². The number of nitrogen functional groups attached to an aromatic ring is 1. The first-order valence-electron chi connectivity index (χ1n) is 6.37. The lowest BCUT2D eigenvalue weighted by Gasteiger charge is -2.21. The summed E-state index contributed by atoms with van der Waals surface area (Å²) < 4.78 is 13.4. The Morgan fingerprint density at radius 1 is 1.57 bits per heavy atom. The zero-order valence-electron chi connectivity index (χ0n) is 11.1. The number of hydrogen-bond donors (Lipinski definition) is 1. The Balaban J connectivity index is 2.39. The molecule has 1 amide bonds. The average molecular weight is 292 g/mol. The highest BCUT2D eigenvalue weighted by Gasteiger charge is 2.35. The highest BCUT2D eigenvalue weighted by molar-refractivity contribution is 5.99. The molecular formula is C13H13FN4O3. The van der Waals surface area contributed by atoms with Crippen LogP contribution in [0.1, 0.15) is 29.6 Å². The van der Waals surface area contributed by atoms with Crippen LogP contribution in [0.25, 0.3) is 0 Å². The molecule has 1 fully saturated rings. The summed E-state index contributed by atoms with van der Waals surface area (Å²) in [4.78, 5) is 24.0. The molecule has 0 atom stereocenters. The fraction of sp³-hybridized carbons (Fsp3) is 0.385. The molecule has 0 aromatic heterocycles. The summed E-state index contributed by atoms with van der Waals surface area (Å²) in [5.74, 6) is -1.53. The van der Waals surface area contributed by atoms with E-state index < -0.39 is 22.3 Å². The zero-order chi connectivity index (χ0) is 15.6. The maximum absolute atomic E-state index is 13.4. The van der Waals surface area contributed by atoms with Crippen LogP contribution in [0.2, 0.25) is 0 Å². The van der Waals surface area contributed by atoms with Crippen molar-refractivity contribution in [3.8, 4) is 6.07 Å². The second-order valence-corrected chi connectivity index (χ2v) is 4.79. The van der Waals surface area contributed by atoms with Crippen LogP contribution in [0.5, 0.6) is 0 Å². The molecule has 8 heteroatoms. The van der Waals surface area contributed by atoms with E-state index in [1.807, 2.05) is 6.07 Å². The Bertz CT molecular complexity index is 637. The first-order valence-corrected chi connectivity index (χ1v) is 6.37. The largest absolute Gasteiger partial charge is 0.396 e. The van der Waals surface area contributed by atoms with Crippen molar-refractivity contribution in [2.24, 2.45) is 0 Å². The van der Waals surface area contributed by atoms with E-state index in [1.54, 1.807) is 0 Å². The molecule has 2 rings (SSSR count). The predicted octanol–water partition coefficient (Wildman–Crippen LogP) is 1.83. The van der Waals surface area contributed by atoms with Crippen molar-refractivity contribution in [1.29, 1.82) is 5.26 Å². The van der Waals surface area contributed by atoms with E-state index in [-0.39, 0.29) is 30.3 Å². The van der Waals surface area contributed by atoms with Gasteiger partial charge < -0.3 is 10.6 Å². The van der Waals surface area contributed by atoms with Crippen molar-refractivity contribution in [3.05, 3.63) is 33.6 Å². The van der Waals surface area contributed by atoms with Gasteiger partial charge in [-0.25, -0.2) is 4.39 Å². The summed E-state index contributed by atoms with van der Waals surface area (Å²) >= 11 is 0. The van der Waals surface area contributed by atoms with E-state index in [1.165, 1.54) is 4.90 Å². The third kappa shape index (κ3) is 3.08. The van der Waals surface area contributed by atoms with Crippen molar-refractivity contribution >= 4 is 17.3 Å². The van der Waals surface area contributed by atoms with Gasteiger partial charge in [0.1, 0.15) is 5.56 Å². The molecule has 0 saturated heterocycles. The molecule has 110 valence electrons. The smallest absolute Gasteiger partial charge is 0.285 e. The quantitative estimate of drug-likeness (QED) is 0.505. The van der Waals surface area contributed by atoms with Gasteiger partial charge in [0.25, 0.3) is 11.6 Å². The van der Waals surface area contributed by atoms with Gasteiger partial charge in [-0.2, -0.15) is 5.26 Å². The summed E-state index contributed by atoms with van der Waals surface area (Å²) in [7, 11) is 0. The summed E-state index contributed by atoms with van der Waals surface area (Å²) in [5.41, 5.74) is 4.22. The minimum Gasteiger partial charge on any atom is -0.396 e. The molecule has 7 nitrogen and oxygen atoms in total. The maximum atomic E-state index is 13.4. The van der Waals surface area contributed by atoms with Gasteiger partial charge in [-0.3, -0.25) is 14.9 Å². The third-order valence-electron chi connectivity index (χ3n) is 3.26. The van der Waals surface area contributed by atoms with E-state index in [0.717, 1.165) is 18.9 Å². The lowest BCUT2D eigenvalue weighted by Crippen LogP contribution is -2.34. The minimum atomic E-state index is -0.937. The number of hydrogen-bond acceptors (Lipinski definition) is 5. The number of amides is 1. The number of halogens is 1. The van der Waals surface area contributed by atoms with Crippen molar-refractivity contribution < 1.29 is 14.1 Å². The molecule has 21 heavy (non-hydrogen) atoms. The fourth-order valence-corrected chi connectivity index (χ4v) is 2.06. The van der Waals surface area contributed by atoms with E-state index in [4.69, 9.17) is 11.0 Å². The Labute approximate surface area is 119 Å². The number of nitro benzene ring substituents is 1. The highest BCUT2D eigenvalue weighted by atomic mass is 19.1. The normalized spacial score (nSPS) is 13.5. The molecule has 0 unspecified atom stereocenters. The topological polar surface area (TPSA) is 113 Å². The zero-order valence-corrected chi connectivity index (χ0v) is 11.1. The standard InChI is InChI=1S/C13H13FN4O3/c14-10-7-12(18(20)21)9(6-11(10)16)13(19)17(5-1-4-15)8-2-3-8/h6-8H,1-3,5,16H2. The van der Waals surface area contributed by atoms with Crippen molar-refractivity contribution in [1.82, 2.24) is 4.90 Å². The third-order valence-corrected chi connectivity index (χ3v) is 3.26. The second-order valence-electron chi connectivity index (χ2n) is 4.79. The van der Waals surface area contributed by atoms with Crippen molar-refractivity contribution in [2.45, 2.75) is 25.3 Å². The lowest BCUT2D eigenvalue weighted by atomic mass is 10.1. The number of nitrogens with zero attached hydrogens (tertiary/aromatic N) is 3. The first-order chi connectivity index (χ1) is 9.95. The SMILES string of the molecule is N#CCCN(C(=O)c1cc(N)c(F)cc1[N+](=O)[O-])C1CC1. The Hall–Kier alpha value is -2.69. The van der Waals surface area contributed by atoms with Gasteiger partial charge in [0.2, 0.25) is 0 Å². The van der Waals surface area contributed by atoms with E-state index in [0.29, 0.717) is 6.07 Å². The van der Waals surface area contributed by atoms with Gasteiger partial charge in [0.05, 0.1) is 29.2 Å². The molecule has 0 radical (unpaired) electrons. The maximum Gasteiger partial charge on any atom is 0.285 e. The number of nitriles is 1. The van der Waals surface area contributed by atoms with Crippen LogP contribution in [0, 0.1) is 27.3 Å². The second kappa shape index (κ2) is 5.75. The Kier molecular flexibility index (Phi) is 4.03. The monoisotopic (exact) mass is 292 g/mol.